The Kier molecular flexibility index (Phi) is 4.05. The number of β-amino-alcohol motifs (C(OH)–C–C–N with tert-alkyl or cyclic N) is 1. The molecule has 3 aliphatic rings. The molecule has 108 valence electrons. The van der Waals surface area contributed by atoms with Gasteiger partial charge in [0.15, 0.2) is 0 Å². The zero-order valence-corrected chi connectivity index (χ0v) is 11.6. The third-order valence-electron chi connectivity index (χ3n) is 4.39. The molecule has 5 heteroatoms. The van der Waals surface area contributed by atoms with Crippen LogP contribution in [0, 0.1) is 5.92 Å². The smallest absolute Gasteiger partial charge is 0.234 e. The Hall–Kier alpha value is -0.650. The summed E-state index contributed by atoms with van der Waals surface area (Å²) in [7, 11) is 0. The van der Waals surface area contributed by atoms with Crippen molar-refractivity contribution in [1.29, 1.82) is 0 Å². The van der Waals surface area contributed by atoms with Crippen molar-refractivity contribution < 1.29 is 9.90 Å². The Morgan fingerprint density at radius 1 is 1.11 bits per heavy atom. The van der Waals surface area contributed by atoms with Gasteiger partial charge < -0.3 is 10.4 Å². The van der Waals surface area contributed by atoms with Gasteiger partial charge in [-0.05, 0) is 31.6 Å². The van der Waals surface area contributed by atoms with Crippen molar-refractivity contribution in [2.45, 2.75) is 37.8 Å². The summed E-state index contributed by atoms with van der Waals surface area (Å²) in [6, 6.07) is 0.461. The topological polar surface area (TPSA) is 55.8 Å². The molecule has 1 aliphatic heterocycles. The minimum Gasteiger partial charge on any atom is -0.392 e. The molecule has 0 bridgehead atoms. The lowest BCUT2D eigenvalue weighted by Gasteiger charge is -2.35. The van der Waals surface area contributed by atoms with Crippen LogP contribution < -0.4 is 5.32 Å². The van der Waals surface area contributed by atoms with Crippen LogP contribution in [0.4, 0.5) is 0 Å². The zero-order chi connectivity index (χ0) is 13.2. The number of piperazine rings is 1. The second kappa shape index (κ2) is 5.77. The fourth-order valence-electron chi connectivity index (χ4n) is 2.73. The molecule has 19 heavy (non-hydrogen) atoms. The van der Waals surface area contributed by atoms with E-state index in [-0.39, 0.29) is 12.0 Å². The standard InChI is InChI=1S/C14H25N3O2/c18-13(11-1-2-11)9-16-5-7-17(8-6-16)10-14(19)15-12-3-4-12/h11-13,18H,1-10H2,(H,15,19)/t13-/m1/s1. The van der Waals surface area contributed by atoms with Crippen LogP contribution in [-0.2, 0) is 4.79 Å². The van der Waals surface area contributed by atoms with Crippen molar-refractivity contribution >= 4 is 5.91 Å². The molecule has 0 aromatic rings. The molecule has 3 rings (SSSR count). The van der Waals surface area contributed by atoms with Gasteiger partial charge in [0.2, 0.25) is 5.91 Å². The highest BCUT2D eigenvalue weighted by molar-refractivity contribution is 5.78. The van der Waals surface area contributed by atoms with E-state index in [0.717, 1.165) is 45.6 Å². The van der Waals surface area contributed by atoms with Gasteiger partial charge >= 0.3 is 0 Å². The van der Waals surface area contributed by atoms with Gasteiger partial charge in [0.1, 0.15) is 0 Å². The summed E-state index contributed by atoms with van der Waals surface area (Å²) in [6.45, 7) is 5.17. The van der Waals surface area contributed by atoms with Crippen LogP contribution in [0.2, 0.25) is 0 Å². The highest BCUT2D eigenvalue weighted by Crippen LogP contribution is 2.32. The second-order valence-electron chi connectivity index (χ2n) is 6.32. The van der Waals surface area contributed by atoms with Crippen LogP contribution in [0.3, 0.4) is 0 Å². The van der Waals surface area contributed by atoms with Crippen molar-refractivity contribution in [3.05, 3.63) is 0 Å². The average molecular weight is 267 g/mol. The van der Waals surface area contributed by atoms with Crippen LogP contribution in [0.25, 0.3) is 0 Å². The van der Waals surface area contributed by atoms with Crippen LogP contribution >= 0.6 is 0 Å². The van der Waals surface area contributed by atoms with E-state index in [2.05, 4.69) is 15.1 Å². The van der Waals surface area contributed by atoms with Gasteiger partial charge in [-0.15, -0.1) is 0 Å². The van der Waals surface area contributed by atoms with E-state index in [1.807, 2.05) is 0 Å². The monoisotopic (exact) mass is 267 g/mol. The quantitative estimate of drug-likeness (QED) is 0.691. The summed E-state index contributed by atoms with van der Waals surface area (Å²) in [5.74, 6) is 0.733. The molecule has 1 atom stereocenters. The highest BCUT2D eigenvalue weighted by atomic mass is 16.3. The van der Waals surface area contributed by atoms with E-state index in [1.54, 1.807) is 0 Å². The van der Waals surface area contributed by atoms with Crippen molar-refractivity contribution in [3.63, 3.8) is 0 Å². The summed E-state index contributed by atoms with van der Waals surface area (Å²) in [6.07, 6.45) is 4.56. The van der Waals surface area contributed by atoms with E-state index < -0.39 is 0 Å². The Bertz CT molecular complexity index is 321. The summed E-state index contributed by atoms with van der Waals surface area (Å²) < 4.78 is 0. The number of aliphatic hydroxyl groups excluding tert-OH is 1. The molecule has 2 saturated carbocycles. The summed E-state index contributed by atoms with van der Waals surface area (Å²) >= 11 is 0. The van der Waals surface area contributed by atoms with Gasteiger partial charge in [-0.25, -0.2) is 0 Å². The van der Waals surface area contributed by atoms with E-state index in [1.165, 1.54) is 12.8 Å². The SMILES string of the molecule is O=C(CN1CCN(C[C@@H](O)C2CC2)CC1)NC1CC1. The lowest BCUT2D eigenvalue weighted by molar-refractivity contribution is -0.122. The number of carbonyl (C=O) groups is 1. The summed E-state index contributed by atoms with van der Waals surface area (Å²) in [5, 5.41) is 13.0. The summed E-state index contributed by atoms with van der Waals surface area (Å²) in [5.41, 5.74) is 0. The fourth-order valence-corrected chi connectivity index (χ4v) is 2.73. The molecule has 0 unspecified atom stereocenters. The molecule has 0 radical (unpaired) electrons. The zero-order valence-electron chi connectivity index (χ0n) is 11.6. The predicted molar refractivity (Wildman–Crippen MR) is 72.8 cm³/mol. The molecule has 0 spiro atoms. The van der Waals surface area contributed by atoms with Gasteiger partial charge in [-0.3, -0.25) is 14.6 Å². The van der Waals surface area contributed by atoms with Gasteiger partial charge in [0.25, 0.3) is 0 Å². The first kappa shape index (κ1) is 13.3. The molecule has 2 N–H and O–H groups in total. The Morgan fingerprint density at radius 2 is 1.74 bits per heavy atom. The van der Waals surface area contributed by atoms with Gasteiger partial charge in [-0.2, -0.15) is 0 Å². The van der Waals surface area contributed by atoms with E-state index in [0.29, 0.717) is 18.5 Å². The maximum atomic E-state index is 11.7. The minimum atomic E-state index is -0.135. The van der Waals surface area contributed by atoms with E-state index >= 15 is 0 Å². The first-order valence-corrected chi connectivity index (χ1v) is 7.63. The van der Waals surface area contributed by atoms with Crippen LogP contribution in [-0.4, -0.2) is 72.2 Å². The number of hydrogen-bond donors (Lipinski definition) is 2. The molecule has 5 nitrogen and oxygen atoms in total. The largest absolute Gasteiger partial charge is 0.392 e. The summed E-state index contributed by atoms with van der Waals surface area (Å²) in [4.78, 5) is 16.3. The lowest BCUT2D eigenvalue weighted by Crippen LogP contribution is -2.51. The number of amides is 1. The first-order valence-electron chi connectivity index (χ1n) is 7.63. The van der Waals surface area contributed by atoms with E-state index in [9.17, 15) is 9.90 Å². The van der Waals surface area contributed by atoms with Crippen molar-refractivity contribution in [2.75, 3.05) is 39.3 Å². The van der Waals surface area contributed by atoms with Gasteiger partial charge in [-0.1, -0.05) is 0 Å². The Morgan fingerprint density at radius 3 is 2.32 bits per heavy atom. The molecule has 0 aromatic heterocycles. The van der Waals surface area contributed by atoms with Crippen LogP contribution in [0.15, 0.2) is 0 Å². The third kappa shape index (κ3) is 4.16. The normalized spacial score (nSPS) is 27.2. The predicted octanol–water partition coefficient (Wildman–Crippen LogP) is -0.346. The average Bonchev–Trinajstić information content (AvgIpc) is 3.25. The Labute approximate surface area is 114 Å². The van der Waals surface area contributed by atoms with Crippen molar-refractivity contribution in [2.24, 2.45) is 5.92 Å². The number of aliphatic hydroxyl groups is 1. The van der Waals surface area contributed by atoms with Gasteiger partial charge in [0, 0.05) is 38.8 Å². The number of rotatable bonds is 6. The fraction of sp³-hybridized carbons (Fsp3) is 0.929. The van der Waals surface area contributed by atoms with Crippen LogP contribution in [0.5, 0.6) is 0 Å². The maximum absolute atomic E-state index is 11.7. The number of carbonyl (C=O) groups excluding carboxylic acids is 1. The molecular weight excluding hydrogens is 242 g/mol. The van der Waals surface area contributed by atoms with Crippen molar-refractivity contribution in [1.82, 2.24) is 15.1 Å². The lowest BCUT2D eigenvalue weighted by atomic mass is 10.2. The molecule has 1 heterocycles. The number of nitrogens with one attached hydrogen (secondary N) is 1. The highest BCUT2D eigenvalue weighted by Gasteiger charge is 2.32. The maximum Gasteiger partial charge on any atom is 0.234 e. The minimum absolute atomic E-state index is 0.135. The number of nitrogens with zero attached hydrogens (tertiary/aromatic N) is 2. The van der Waals surface area contributed by atoms with Crippen molar-refractivity contribution in [3.8, 4) is 0 Å². The second-order valence-corrected chi connectivity index (χ2v) is 6.32. The number of hydrogen-bond acceptors (Lipinski definition) is 4. The molecule has 3 fully saturated rings. The first-order chi connectivity index (χ1) is 9.20. The molecule has 1 saturated heterocycles. The Balaban J connectivity index is 1.33. The molecular formula is C14H25N3O2. The molecule has 0 aromatic carbocycles. The molecule has 2 aliphatic carbocycles. The van der Waals surface area contributed by atoms with Crippen LogP contribution in [0.1, 0.15) is 25.7 Å². The van der Waals surface area contributed by atoms with Gasteiger partial charge in [0.05, 0.1) is 12.6 Å². The van der Waals surface area contributed by atoms with E-state index in [4.69, 9.17) is 0 Å². The molecule has 1 amide bonds. The third-order valence-corrected chi connectivity index (χ3v) is 4.39.